The normalized spacial score (nSPS) is 10.3. The van der Waals surface area contributed by atoms with Crippen LogP contribution in [0, 0.1) is 11.3 Å². The van der Waals surface area contributed by atoms with E-state index in [0.717, 1.165) is 27.6 Å². The van der Waals surface area contributed by atoms with Crippen LogP contribution in [0.5, 0.6) is 0 Å². The Labute approximate surface area is 111 Å². The number of hydrogen-bond acceptors (Lipinski definition) is 2. The van der Waals surface area contributed by atoms with E-state index in [2.05, 4.69) is 18.2 Å². The van der Waals surface area contributed by atoms with Crippen molar-refractivity contribution in [2.75, 3.05) is 5.73 Å². The van der Waals surface area contributed by atoms with E-state index in [0.29, 0.717) is 5.56 Å². The fourth-order valence-corrected chi connectivity index (χ4v) is 2.17. The summed E-state index contributed by atoms with van der Waals surface area (Å²) in [6, 6.07) is 22.0. The predicted molar refractivity (Wildman–Crippen MR) is 78.5 cm³/mol. The maximum absolute atomic E-state index is 8.89. The first kappa shape index (κ1) is 11.3. The molecule has 2 N–H and O–H groups in total. The van der Waals surface area contributed by atoms with Gasteiger partial charge in [-0.15, -0.1) is 0 Å². The van der Waals surface area contributed by atoms with Crippen LogP contribution in [0.1, 0.15) is 5.56 Å². The van der Waals surface area contributed by atoms with Crippen LogP contribution in [-0.4, -0.2) is 0 Å². The highest BCUT2D eigenvalue weighted by Gasteiger charge is 2.01. The van der Waals surface area contributed by atoms with Gasteiger partial charge >= 0.3 is 0 Å². The molecule has 0 aromatic heterocycles. The molecule has 19 heavy (non-hydrogen) atoms. The number of fused-ring (bicyclic) bond motifs is 1. The molecule has 0 spiro atoms. The Kier molecular flexibility index (Phi) is 2.66. The van der Waals surface area contributed by atoms with Crippen LogP contribution in [-0.2, 0) is 0 Å². The minimum Gasteiger partial charge on any atom is -0.399 e. The molecule has 0 aliphatic carbocycles. The van der Waals surface area contributed by atoms with Crippen molar-refractivity contribution in [1.29, 1.82) is 5.26 Å². The Hall–Kier alpha value is -2.79. The fourth-order valence-electron chi connectivity index (χ4n) is 2.17. The third-order valence-corrected chi connectivity index (χ3v) is 3.21. The van der Waals surface area contributed by atoms with Gasteiger partial charge in [-0.3, -0.25) is 0 Å². The van der Waals surface area contributed by atoms with Gasteiger partial charge in [0.2, 0.25) is 0 Å². The van der Waals surface area contributed by atoms with E-state index in [1.165, 1.54) is 0 Å². The van der Waals surface area contributed by atoms with E-state index in [4.69, 9.17) is 11.0 Å². The number of nitriles is 1. The molecule has 0 saturated carbocycles. The van der Waals surface area contributed by atoms with Gasteiger partial charge in [-0.05, 0) is 52.2 Å². The van der Waals surface area contributed by atoms with Crippen molar-refractivity contribution in [2.45, 2.75) is 0 Å². The molecule has 0 atom stereocenters. The standard InChI is InChI=1S/C17H12N2/c18-11-12-1-2-16-10-15(4-3-14(16)9-12)13-5-7-17(19)8-6-13/h1-10H,19H2. The highest BCUT2D eigenvalue weighted by atomic mass is 14.5. The van der Waals surface area contributed by atoms with Gasteiger partial charge in [-0.2, -0.15) is 5.26 Å². The molecule has 0 radical (unpaired) electrons. The molecule has 0 fully saturated rings. The Balaban J connectivity index is 2.12. The summed E-state index contributed by atoms with van der Waals surface area (Å²) >= 11 is 0. The number of nitrogens with two attached hydrogens (primary N) is 1. The Bertz CT molecular complexity index is 780. The second-order valence-corrected chi connectivity index (χ2v) is 4.51. The van der Waals surface area contributed by atoms with E-state index in [9.17, 15) is 0 Å². The second-order valence-electron chi connectivity index (χ2n) is 4.51. The Morgan fingerprint density at radius 2 is 1.37 bits per heavy atom. The number of hydrogen-bond donors (Lipinski definition) is 1. The monoisotopic (exact) mass is 244 g/mol. The molecule has 3 rings (SSSR count). The van der Waals surface area contributed by atoms with Gasteiger partial charge in [-0.1, -0.05) is 30.3 Å². The molecule has 0 aliphatic rings. The van der Waals surface area contributed by atoms with E-state index in [1.54, 1.807) is 0 Å². The summed E-state index contributed by atoms with van der Waals surface area (Å²) in [7, 11) is 0. The SMILES string of the molecule is N#Cc1ccc2cc(-c3ccc(N)cc3)ccc2c1. The summed E-state index contributed by atoms with van der Waals surface area (Å²) in [5.41, 5.74) is 9.44. The second kappa shape index (κ2) is 4.47. The minimum atomic E-state index is 0.688. The minimum absolute atomic E-state index is 0.688. The topological polar surface area (TPSA) is 49.8 Å². The molecule has 0 aliphatic heterocycles. The summed E-state index contributed by atoms with van der Waals surface area (Å²) < 4.78 is 0. The summed E-state index contributed by atoms with van der Waals surface area (Å²) in [5, 5.41) is 11.1. The van der Waals surface area contributed by atoms with E-state index < -0.39 is 0 Å². The zero-order valence-corrected chi connectivity index (χ0v) is 10.3. The van der Waals surface area contributed by atoms with Crippen molar-refractivity contribution in [2.24, 2.45) is 0 Å². The van der Waals surface area contributed by atoms with Crippen LogP contribution in [0.4, 0.5) is 5.69 Å². The van der Waals surface area contributed by atoms with Crippen LogP contribution in [0.25, 0.3) is 21.9 Å². The summed E-state index contributed by atoms with van der Waals surface area (Å²) in [4.78, 5) is 0. The summed E-state index contributed by atoms with van der Waals surface area (Å²) in [6.45, 7) is 0. The van der Waals surface area contributed by atoms with Crippen LogP contribution >= 0.6 is 0 Å². The lowest BCUT2D eigenvalue weighted by atomic mass is 10.00. The van der Waals surface area contributed by atoms with Crippen LogP contribution in [0.15, 0.2) is 60.7 Å². The smallest absolute Gasteiger partial charge is 0.0991 e. The zero-order chi connectivity index (χ0) is 13.2. The number of rotatable bonds is 1. The van der Waals surface area contributed by atoms with Crippen LogP contribution in [0.2, 0.25) is 0 Å². The van der Waals surface area contributed by atoms with Gasteiger partial charge in [0, 0.05) is 5.69 Å². The van der Waals surface area contributed by atoms with Gasteiger partial charge in [0.1, 0.15) is 0 Å². The number of nitrogen functional groups attached to an aromatic ring is 1. The van der Waals surface area contributed by atoms with Gasteiger partial charge in [0.05, 0.1) is 11.6 Å². The summed E-state index contributed by atoms with van der Waals surface area (Å²) in [6.07, 6.45) is 0. The number of benzene rings is 3. The summed E-state index contributed by atoms with van der Waals surface area (Å²) in [5.74, 6) is 0. The third kappa shape index (κ3) is 2.14. The molecule has 0 heterocycles. The van der Waals surface area contributed by atoms with Crippen LogP contribution in [0.3, 0.4) is 0 Å². The maximum Gasteiger partial charge on any atom is 0.0991 e. The van der Waals surface area contributed by atoms with Crippen molar-refractivity contribution in [1.82, 2.24) is 0 Å². The van der Waals surface area contributed by atoms with Gasteiger partial charge in [-0.25, -0.2) is 0 Å². The van der Waals surface area contributed by atoms with Gasteiger partial charge < -0.3 is 5.73 Å². The van der Waals surface area contributed by atoms with Crippen LogP contribution < -0.4 is 5.73 Å². The average Bonchev–Trinajstić information content (AvgIpc) is 2.47. The lowest BCUT2D eigenvalue weighted by Crippen LogP contribution is -1.84. The van der Waals surface area contributed by atoms with Gasteiger partial charge in [0.15, 0.2) is 0 Å². The molecule has 0 bridgehead atoms. The number of nitrogens with zero attached hydrogens (tertiary/aromatic N) is 1. The van der Waals surface area contributed by atoms with Crippen molar-refractivity contribution in [3.63, 3.8) is 0 Å². The molecule has 0 amide bonds. The van der Waals surface area contributed by atoms with E-state index in [1.807, 2.05) is 48.5 Å². The highest BCUT2D eigenvalue weighted by Crippen LogP contribution is 2.25. The maximum atomic E-state index is 8.89. The van der Waals surface area contributed by atoms with E-state index >= 15 is 0 Å². The molecular weight excluding hydrogens is 232 g/mol. The van der Waals surface area contributed by atoms with Gasteiger partial charge in [0.25, 0.3) is 0 Å². The Morgan fingerprint density at radius 3 is 2.11 bits per heavy atom. The third-order valence-electron chi connectivity index (χ3n) is 3.21. The molecule has 90 valence electrons. The van der Waals surface area contributed by atoms with Crippen molar-refractivity contribution < 1.29 is 0 Å². The van der Waals surface area contributed by atoms with Crippen molar-refractivity contribution in [3.8, 4) is 17.2 Å². The first-order chi connectivity index (χ1) is 9.26. The quantitative estimate of drug-likeness (QED) is 0.659. The Morgan fingerprint density at radius 1 is 0.737 bits per heavy atom. The first-order valence-electron chi connectivity index (χ1n) is 6.06. The largest absolute Gasteiger partial charge is 0.399 e. The van der Waals surface area contributed by atoms with E-state index in [-0.39, 0.29) is 0 Å². The number of anilines is 1. The molecular formula is C17H12N2. The molecule has 3 aromatic carbocycles. The zero-order valence-electron chi connectivity index (χ0n) is 10.3. The lowest BCUT2D eigenvalue weighted by molar-refractivity contribution is 1.50. The van der Waals surface area contributed by atoms with Crippen molar-refractivity contribution in [3.05, 3.63) is 66.2 Å². The fraction of sp³-hybridized carbons (Fsp3) is 0. The average molecular weight is 244 g/mol. The highest BCUT2D eigenvalue weighted by molar-refractivity contribution is 5.88. The molecule has 0 unspecified atom stereocenters. The molecule has 2 nitrogen and oxygen atoms in total. The molecule has 3 aromatic rings. The molecule has 0 saturated heterocycles. The molecule has 2 heteroatoms. The lowest BCUT2D eigenvalue weighted by Gasteiger charge is -2.05. The first-order valence-corrected chi connectivity index (χ1v) is 6.06. The predicted octanol–water partition coefficient (Wildman–Crippen LogP) is 3.96. The van der Waals surface area contributed by atoms with Crippen molar-refractivity contribution >= 4 is 16.5 Å².